The van der Waals surface area contributed by atoms with Crippen LogP contribution in [0.25, 0.3) is 11.0 Å². The highest BCUT2D eigenvalue weighted by Gasteiger charge is 2.18. The van der Waals surface area contributed by atoms with Crippen LogP contribution in [0.3, 0.4) is 0 Å². The zero-order chi connectivity index (χ0) is 13.1. The van der Waals surface area contributed by atoms with Gasteiger partial charge >= 0.3 is 5.97 Å². The van der Waals surface area contributed by atoms with Crippen molar-refractivity contribution >= 4 is 40.4 Å². The summed E-state index contributed by atoms with van der Waals surface area (Å²) in [5, 5.41) is 9.63. The highest BCUT2D eigenvalue weighted by atomic mass is 35.5. The number of benzene rings is 1. The summed E-state index contributed by atoms with van der Waals surface area (Å²) in [6.07, 6.45) is 1.88. The van der Waals surface area contributed by atoms with Gasteiger partial charge in [-0.15, -0.1) is 0 Å². The first-order valence-electron chi connectivity index (χ1n) is 5.17. The molecule has 0 saturated heterocycles. The van der Waals surface area contributed by atoms with Gasteiger partial charge in [0.25, 0.3) is 0 Å². The van der Waals surface area contributed by atoms with Gasteiger partial charge in [-0.2, -0.15) is 0 Å². The molecule has 0 aliphatic heterocycles. The van der Waals surface area contributed by atoms with Crippen LogP contribution in [0.15, 0.2) is 17.3 Å². The summed E-state index contributed by atoms with van der Waals surface area (Å²) < 4.78 is 4.87. The Labute approximate surface area is 112 Å². The molecule has 2 aromatic rings. The molecule has 0 spiro atoms. The smallest absolute Gasteiger partial charge is 0.342 e. The molecule has 1 aromatic heterocycles. The van der Waals surface area contributed by atoms with Crippen LogP contribution in [-0.2, 0) is 4.74 Å². The standard InChI is InChI=1S/C11H11ClN2O3S/c1-18-11-13-7-3-2-6(12)8(9(7)14-11)10(16)17-5-4-15/h2-3,15H,4-5H2,1H3,(H,13,14). The van der Waals surface area contributed by atoms with E-state index >= 15 is 0 Å². The number of halogens is 1. The summed E-state index contributed by atoms with van der Waals surface area (Å²) in [5.74, 6) is -0.584. The van der Waals surface area contributed by atoms with Crippen LogP contribution in [0.4, 0.5) is 0 Å². The first-order chi connectivity index (χ1) is 8.67. The molecule has 0 saturated carbocycles. The lowest BCUT2D eigenvalue weighted by Gasteiger charge is -2.05. The Morgan fingerprint density at radius 3 is 3.06 bits per heavy atom. The van der Waals surface area contributed by atoms with Crippen molar-refractivity contribution in [3.63, 3.8) is 0 Å². The maximum atomic E-state index is 11.9. The van der Waals surface area contributed by atoms with E-state index in [1.807, 2.05) is 6.26 Å². The van der Waals surface area contributed by atoms with E-state index in [-0.39, 0.29) is 23.8 Å². The minimum Gasteiger partial charge on any atom is -0.460 e. The molecule has 0 bridgehead atoms. The lowest BCUT2D eigenvalue weighted by Crippen LogP contribution is -2.10. The first-order valence-corrected chi connectivity index (χ1v) is 6.78. The Morgan fingerprint density at radius 2 is 2.39 bits per heavy atom. The van der Waals surface area contributed by atoms with E-state index in [1.165, 1.54) is 11.8 Å². The number of nitrogens with zero attached hydrogens (tertiary/aromatic N) is 1. The Bertz CT molecular complexity index is 585. The van der Waals surface area contributed by atoms with Crippen LogP contribution in [0.1, 0.15) is 10.4 Å². The number of H-pyrrole nitrogens is 1. The van der Waals surface area contributed by atoms with Gasteiger partial charge in [0.2, 0.25) is 0 Å². The predicted octanol–water partition coefficient (Wildman–Crippen LogP) is 2.09. The minimum atomic E-state index is -0.584. The zero-order valence-corrected chi connectivity index (χ0v) is 11.1. The van der Waals surface area contributed by atoms with E-state index in [4.69, 9.17) is 21.4 Å². The Morgan fingerprint density at radius 1 is 1.61 bits per heavy atom. The zero-order valence-electron chi connectivity index (χ0n) is 9.57. The molecule has 96 valence electrons. The number of thioether (sulfide) groups is 1. The lowest BCUT2D eigenvalue weighted by molar-refractivity contribution is 0.0436. The summed E-state index contributed by atoms with van der Waals surface area (Å²) in [7, 11) is 0. The van der Waals surface area contributed by atoms with E-state index in [0.29, 0.717) is 10.7 Å². The van der Waals surface area contributed by atoms with E-state index in [1.54, 1.807) is 12.1 Å². The topological polar surface area (TPSA) is 75.2 Å². The number of esters is 1. The molecule has 0 unspecified atom stereocenters. The van der Waals surface area contributed by atoms with Crippen molar-refractivity contribution in [2.75, 3.05) is 19.5 Å². The van der Waals surface area contributed by atoms with Gasteiger partial charge in [-0.25, -0.2) is 9.78 Å². The third-order valence-electron chi connectivity index (χ3n) is 2.30. The number of carbonyl (C=O) groups is 1. The van der Waals surface area contributed by atoms with Crippen molar-refractivity contribution < 1.29 is 14.6 Å². The van der Waals surface area contributed by atoms with Gasteiger partial charge in [-0.1, -0.05) is 23.4 Å². The summed E-state index contributed by atoms with van der Waals surface area (Å²) in [6, 6.07) is 3.37. The number of carbonyl (C=O) groups excluding carboxylic acids is 1. The lowest BCUT2D eigenvalue weighted by atomic mass is 10.2. The Balaban J connectivity index is 2.49. The molecule has 7 heteroatoms. The number of hydrogen-bond donors (Lipinski definition) is 2. The number of fused-ring (bicyclic) bond motifs is 1. The Kier molecular flexibility index (Phi) is 4.11. The van der Waals surface area contributed by atoms with Gasteiger partial charge < -0.3 is 14.8 Å². The second-order valence-corrected chi connectivity index (χ2v) is 4.63. The summed E-state index contributed by atoms with van der Waals surface area (Å²) in [5.41, 5.74) is 1.42. The van der Waals surface area contributed by atoms with Crippen molar-refractivity contribution in [1.29, 1.82) is 0 Å². The van der Waals surface area contributed by atoms with Crippen molar-refractivity contribution in [3.8, 4) is 0 Å². The normalized spacial score (nSPS) is 10.8. The molecule has 0 amide bonds. The molecule has 1 aromatic carbocycles. The van der Waals surface area contributed by atoms with E-state index in [9.17, 15) is 4.79 Å². The third-order valence-corrected chi connectivity index (χ3v) is 3.20. The quantitative estimate of drug-likeness (QED) is 0.665. The number of aromatic amines is 1. The maximum Gasteiger partial charge on any atom is 0.342 e. The molecular weight excluding hydrogens is 276 g/mol. The molecule has 0 aliphatic carbocycles. The van der Waals surface area contributed by atoms with Crippen LogP contribution in [0.5, 0.6) is 0 Å². The number of nitrogens with one attached hydrogen (secondary N) is 1. The summed E-state index contributed by atoms with van der Waals surface area (Å²) in [6.45, 7) is -0.290. The van der Waals surface area contributed by atoms with Crippen LogP contribution >= 0.6 is 23.4 Å². The van der Waals surface area contributed by atoms with Crippen molar-refractivity contribution in [1.82, 2.24) is 9.97 Å². The fraction of sp³-hybridized carbons (Fsp3) is 0.273. The number of rotatable bonds is 4. The summed E-state index contributed by atoms with van der Waals surface area (Å²) >= 11 is 7.44. The van der Waals surface area contributed by atoms with E-state index in [0.717, 1.165) is 5.52 Å². The van der Waals surface area contributed by atoms with Crippen LogP contribution in [-0.4, -0.2) is 40.5 Å². The van der Waals surface area contributed by atoms with Crippen LogP contribution in [0.2, 0.25) is 5.02 Å². The van der Waals surface area contributed by atoms with Gasteiger partial charge in [0.05, 0.1) is 17.1 Å². The number of ether oxygens (including phenoxy) is 1. The Hall–Kier alpha value is -1.24. The molecule has 0 radical (unpaired) electrons. The van der Waals surface area contributed by atoms with Crippen molar-refractivity contribution in [3.05, 3.63) is 22.7 Å². The number of aliphatic hydroxyl groups excluding tert-OH is 1. The van der Waals surface area contributed by atoms with Gasteiger partial charge in [-0.3, -0.25) is 0 Å². The number of imidazole rings is 1. The summed E-state index contributed by atoms with van der Waals surface area (Å²) in [4.78, 5) is 19.2. The second-order valence-electron chi connectivity index (χ2n) is 3.42. The SMILES string of the molecule is CSc1nc2c(C(=O)OCCO)c(Cl)ccc2[nH]1. The number of hydrogen-bond acceptors (Lipinski definition) is 5. The van der Waals surface area contributed by atoms with Crippen molar-refractivity contribution in [2.45, 2.75) is 5.16 Å². The highest BCUT2D eigenvalue weighted by molar-refractivity contribution is 7.98. The van der Waals surface area contributed by atoms with Gasteiger partial charge in [0, 0.05) is 0 Å². The monoisotopic (exact) mass is 286 g/mol. The van der Waals surface area contributed by atoms with E-state index < -0.39 is 5.97 Å². The highest BCUT2D eigenvalue weighted by Crippen LogP contribution is 2.27. The first kappa shape index (κ1) is 13.2. The van der Waals surface area contributed by atoms with Gasteiger partial charge in [-0.05, 0) is 18.4 Å². The fourth-order valence-corrected chi connectivity index (χ4v) is 2.15. The average Bonchev–Trinajstić information content (AvgIpc) is 2.78. The average molecular weight is 287 g/mol. The number of aromatic nitrogens is 2. The van der Waals surface area contributed by atoms with Crippen molar-refractivity contribution in [2.24, 2.45) is 0 Å². The van der Waals surface area contributed by atoms with Gasteiger partial charge in [0.1, 0.15) is 17.7 Å². The largest absolute Gasteiger partial charge is 0.460 e. The molecule has 0 fully saturated rings. The van der Waals surface area contributed by atoms with Crippen LogP contribution < -0.4 is 0 Å². The molecule has 5 nitrogen and oxygen atoms in total. The molecule has 18 heavy (non-hydrogen) atoms. The molecule has 0 atom stereocenters. The molecule has 0 aliphatic rings. The molecular formula is C11H11ClN2O3S. The molecule has 2 N–H and O–H groups in total. The maximum absolute atomic E-state index is 11.9. The van der Waals surface area contributed by atoms with Gasteiger partial charge in [0.15, 0.2) is 5.16 Å². The fourth-order valence-electron chi connectivity index (χ4n) is 1.53. The molecule has 2 rings (SSSR count). The van der Waals surface area contributed by atoms with E-state index in [2.05, 4.69) is 9.97 Å². The number of aliphatic hydroxyl groups is 1. The van der Waals surface area contributed by atoms with Crippen LogP contribution in [0, 0.1) is 0 Å². The molecule has 1 heterocycles. The minimum absolute atomic E-state index is 0.0641. The second kappa shape index (κ2) is 5.60. The third kappa shape index (κ3) is 2.45. The predicted molar refractivity (Wildman–Crippen MR) is 70.3 cm³/mol.